The summed E-state index contributed by atoms with van der Waals surface area (Å²) < 4.78 is 5.33. The van der Waals surface area contributed by atoms with Crippen molar-refractivity contribution in [1.29, 1.82) is 0 Å². The summed E-state index contributed by atoms with van der Waals surface area (Å²) in [5, 5.41) is 2.86. The highest BCUT2D eigenvalue weighted by Crippen LogP contribution is 2.18. The van der Waals surface area contributed by atoms with E-state index in [2.05, 4.69) is 5.32 Å². The standard InChI is InChI=1S/C20H24N2O3/c1-15-8-4-6-10-18(15)21-20(24)14-22(16(2)23)13-12-17-9-5-7-11-19(17)25-3/h4-11H,12-14H2,1-3H3,(H,21,24). The van der Waals surface area contributed by atoms with Gasteiger partial charge in [-0.2, -0.15) is 0 Å². The second-order valence-electron chi connectivity index (χ2n) is 5.87. The van der Waals surface area contributed by atoms with Crippen LogP contribution >= 0.6 is 0 Å². The Bertz CT molecular complexity index is 743. The van der Waals surface area contributed by atoms with Crippen LogP contribution in [-0.2, 0) is 16.0 Å². The molecule has 0 heterocycles. The zero-order valence-corrected chi connectivity index (χ0v) is 14.9. The molecule has 5 nitrogen and oxygen atoms in total. The molecule has 0 atom stereocenters. The highest BCUT2D eigenvalue weighted by atomic mass is 16.5. The van der Waals surface area contributed by atoms with Gasteiger partial charge in [0.05, 0.1) is 13.7 Å². The molecule has 5 heteroatoms. The SMILES string of the molecule is COc1ccccc1CCN(CC(=O)Nc1ccccc1C)C(C)=O. The van der Waals surface area contributed by atoms with E-state index in [0.29, 0.717) is 13.0 Å². The Balaban J connectivity index is 1.97. The van der Waals surface area contributed by atoms with Gasteiger partial charge in [0.1, 0.15) is 5.75 Å². The lowest BCUT2D eigenvalue weighted by atomic mass is 10.1. The van der Waals surface area contributed by atoms with Crippen LogP contribution in [0.4, 0.5) is 5.69 Å². The van der Waals surface area contributed by atoms with Crippen LogP contribution < -0.4 is 10.1 Å². The van der Waals surface area contributed by atoms with Crippen molar-refractivity contribution < 1.29 is 14.3 Å². The topological polar surface area (TPSA) is 58.6 Å². The third-order valence-electron chi connectivity index (χ3n) is 4.04. The fraction of sp³-hybridized carbons (Fsp3) is 0.300. The number of carbonyl (C=O) groups is 2. The third-order valence-corrected chi connectivity index (χ3v) is 4.04. The number of amides is 2. The summed E-state index contributed by atoms with van der Waals surface area (Å²) in [6, 6.07) is 15.2. The zero-order valence-electron chi connectivity index (χ0n) is 14.9. The molecule has 2 aromatic carbocycles. The van der Waals surface area contributed by atoms with Gasteiger partial charge in [0.15, 0.2) is 0 Å². The molecular formula is C20H24N2O3. The Morgan fingerprint density at radius 1 is 1.08 bits per heavy atom. The lowest BCUT2D eigenvalue weighted by molar-refractivity contribution is -0.132. The second kappa shape index (κ2) is 8.87. The average molecular weight is 340 g/mol. The quantitative estimate of drug-likeness (QED) is 0.843. The number of benzene rings is 2. The van der Waals surface area contributed by atoms with Crippen molar-refractivity contribution in [3.05, 3.63) is 59.7 Å². The number of para-hydroxylation sites is 2. The van der Waals surface area contributed by atoms with E-state index >= 15 is 0 Å². The van der Waals surface area contributed by atoms with Crippen molar-refractivity contribution in [3.8, 4) is 5.75 Å². The van der Waals surface area contributed by atoms with Gasteiger partial charge in [0, 0.05) is 19.2 Å². The summed E-state index contributed by atoms with van der Waals surface area (Å²) in [5.74, 6) is 0.453. The number of ether oxygens (including phenoxy) is 1. The maximum absolute atomic E-state index is 12.3. The van der Waals surface area contributed by atoms with Crippen LogP contribution in [0.3, 0.4) is 0 Å². The minimum Gasteiger partial charge on any atom is -0.496 e. The van der Waals surface area contributed by atoms with Gasteiger partial charge in [-0.15, -0.1) is 0 Å². The summed E-state index contributed by atoms with van der Waals surface area (Å²) in [6.07, 6.45) is 0.626. The maximum Gasteiger partial charge on any atom is 0.244 e. The van der Waals surface area contributed by atoms with Crippen molar-refractivity contribution >= 4 is 17.5 Å². The van der Waals surface area contributed by atoms with Gasteiger partial charge >= 0.3 is 0 Å². The number of hydrogen-bond acceptors (Lipinski definition) is 3. The van der Waals surface area contributed by atoms with Crippen molar-refractivity contribution in [2.45, 2.75) is 20.3 Å². The predicted octanol–water partition coefficient (Wildman–Crippen LogP) is 3.03. The van der Waals surface area contributed by atoms with E-state index in [1.54, 1.807) is 12.0 Å². The van der Waals surface area contributed by atoms with Gasteiger partial charge in [-0.1, -0.05) is 36.4 Å². The molecule has 2 rings (SSSR count). The van der Waals surface area contributed by atoms with E-state index < -0.39 is 0 Å². The second-order valence-corrected chi connectivity index (χ2v) is 5.87. The summed E-state index contributed by atoms with van der Waals surface area (Å²) in [6.45, 7) is 3.89. The molecule has 0 bridgehead atoms. The fourth-order valence-electron chi connectivity index (χ4n) is 2.59. The minimum absolute atomic E-state index is 0.0266. The zero-order chi connectivity index (χ0) is 18.2. The van der Waals surface area contributed by atoms with Crippen LogP contribution in [0, 0.1) is 6.92 Å². The molecule has 1 N–H and O–H groups in total. The average Bonchev–Trinajstić information content (AvgIpc) is 2.60. The third kappa shape index (κ3) is 5.35. The monoisotopic (exact) mass is 340 g/mol. The largest absolute Gasteiger partial charge is 0.496 e. The van der Waals surface area contributed by atoms with Gasteiger partial charge in [0.2, 0.25) is 11.8 Å². The summed E-state index contributed by atoms with van der Waals surface area (Å²) in [7, 11) is 1.62. The Hall–Kier alpha value is -2.82. The van der Waals surface area contributed by atoms with E-state index in [1.165, 1.54) is 6.92 Å². The first-order valence-corrected chi connectivity index (χ1v) is 8.24. The number of methoxy groups -OCH3 is 1. The lowest BCUT2D eigenvalue weighted by Gasteiger charge is -2.21. The molecule has 0 aromatic heterocycles. The van der Waals surface area contributed by atoms with Gasteiger partial charge in [0.25, 0.3) is 0 Å². The number of carbonyl (C=O) groups excluding carboxylic acids is 2. The lowest BCUT2D eigenvalue weighted by Crippen LogP contribution is -2.38. The number of hydrogen-bond donors (Lipinski definition) is 1. The fourth-order valence-corrected chi connectivity index (χ4v) is 2.59. The molecule has 0 aliphatic carbocycles. The molecule has 0 saturated heterocycles. The molecule has 0 aliphatic rings. The summed E-state index contributed by atoms with van der Waals surface area (Å²) >= 11 is 0. The number of nitrogens with one attached hydrogen (secondary N) is 1. The van der Waals surface area contributed by atoms with Crippen LogP contribution in [0.2, 0.25) is 0 Å². The molecule has 132 valence electrons. The smallest absolute Gasteiger partial charge is 0.244 e. The molecule has 0 unspecified atom stereocenters. The Kier molecular flexibility index (Phi) is 6.57. The Labute approximate surface area is 148 Å². The van der Waals surface area contributed by atoms with Crippen LogP contribution in [0.15, 0.2) is 48.5 Å². The molecule has 2 amide bonds. The van der Waals surface area contributed by atoms with Crippen molar-refractivity contribution in [2.75, 3.05) is 25.5 Å². The van der Waals surface area contributed by atoms with E-state index in [9.17, 15) is 9.59 Å². The van der Waals surface area contributed by atoms with Crippen molar-refractivity contribution in [2.24, 2.45) is 0 Å². The minimum atomic E-state index is -0.204. The first kappa shape index (κ1) is 18.5. The first-order valence-electron chi connectivity index (χ1n) is 8.24. The van der Waals surface area contributed by atoms with Crippen LogP contribution in [0.25, 0.3) is 0 Å². The molecule has 0 aliphatic heterocycles. The van der Waals surface area contributed by atoms with Gasteiger partial charge < -0.3 is 15.0 Å². The highest BCUT2D eigenvalue weighted by molar-refractivity contribution is 5.94. The maximum atomic E-state index is 12.3. The highest BCUT2D eigenvalue weighted by Gasteiger charge is 2.15. The van der Waals surface area contributed by atoms with Crippen LogP contribution in [0.1, 0.15) is 18.1 Å². The molecule has 0 radical (unpaired) electrons. The number of anilines is 1. The summed E-state index contributed by atoms with van der Waals surface area (Å²) in [4.78, 5) is 25.7. The molecule has 0 saturated carbocycles. The van der Waals surface area contributed by atoms with E-state index in [4.69, 9.17) is 4.74 Å². The van der Waals surface area contributed by atoms with Gasteiger partial charge in [-0.3, -0.25) is 9.59 Å². The van der Waals surface area contributed by atoms with Crippen LogP contribution in [-0.4, -0.2) is 36.9 Å². The molecule has 0 spiro atoms. The van der Waals surface area contributed by atoms with E-state index in [0.717, 1.165) is 22.6 Å². The van der Waals surface area contributed by atoms with Crippen molar-refractivity contribution in [3.63, 3.8) is 0 Å². The molecule has 2 aromatic rings. The first-order chi connectivity index (χ1) is 12.0. The van der Waals surface area contributed by atoms with E-state index in [-0.39, 0.29) is 18.4 Å². The summed E-state index contributed by atoms with van der Waals surface area (Å²) in [5.41, 5.74) is 2.76. The predicted molar refractivity (Wildman–Crippen MR) is 98.8 cm³/mol. The normalized spacial score (nSPS) is 10.2. The van der Waals surface area contributed by atoms with E-state index in [1.807, 2.05) is 55.5 Å². The molecular weight excluding hydrogens is 316 g/mol. The van der Waals surface area contributed by atoms with Crippen molar-refractivity contribution in [1.82, 2.24) is 4.90 Å². The molecule has 25 heavy (non-hydrogen) atoms. The number of rotatable bonds is 7. The number of aryl methyl sites for hydroxylation is 1. The molecule has 0 fully saturated rings. The van der Waals surface area contributed by atoms with Crippen LogP contribution in [0.5, 0.6) is 5.75 Å². The van der Waals surface area contributed by atoms with Gasteiger partial charge in [-0.05, 0) is 36.6 Å². The Morgan fingerprint density at radius 3 is 2.44 bits per heavy atom. The van der Waals surface area contributed by atoms with Gasteiger partial charge in [-0.25, -0.2) is 0 Å². The number of nitrogens with zero attached hydrogens (tertiary/aromatic N) is 1. The Morgan fingerprint density at radius 2 is 1.76 bits per heavy atom.